The van der Waals surface area contributed by atoms with Gasteiger partial charge in [0.25, 0.3) is 0 Å². The summed E-state index contributed by atoms with van der Waals surface area (Å²) in [5.74, 6) is 1.02. The Labute approximate surface area is 125 Å². The maximum Gasteiger partial charge on any atom is 0.243 e. The summed E-state index contributed by atoms with van der Waals surface area (Å²) >= 11 is 0. The van der Waals surface area contributed by atoms with E-state index in [1.165, 1.54) is 16.4 Å². The van der Waals surface area contributed by atoms with Crippen molar-refractivity contribution in [2.45, 2.75) is 24.7 Å². The monoisotopic (exact) mass is 315 g/mol. The van der Waals surface area contributed by atoms with E-state index in [1.54, 1.807) is 6.07 Å². The van der Waals surface area contributed by atoms with E-state index in [0.717, 1.165) is 6.42 Å². The number of aliphatic hydroxyl groups is 1. The third kappa shape index (κ3) is 3.66. The summed E-state index contributed by atoms with van der Waals surface area (Å²) in [6.45, 7) is 3.22. The van der Waals surface area contributed by atoms with Gasteiger partial charge in [-0.3, -0.25) is 0 Å². The van der Waals surface area contributed by atoms with E-state index in [-0.39, 0.29) is 18.0 Å². The molecule has 0 bridgehead atoms. The SMILES string of the molecule is CCCN(CCO)S(=O)(=O)c1ccc2c(c1)OCCCO2. The molecular weight excluding hydrogens is 294 g/mol. The van der Waals surface area contributed by atoms with Gasteiger partial charge < -0.3 is 14.6 Å². The Balaban J connectivity index is 2.33. The van der Waals surface area contributed by atoms with E-state index < -0.39 is 10.0 Å². The number of rotatable bonds is 6. The Hall–Kier alpha value is -1.31. The van der Waals surface area contributed by atoms with Gasteiger partial charge in [-0.2, -0.15) is 4.31 Å². The van der Waals surface area contributed by atoms with Crippen LogP contribution >= 0.6 is 0 Å². The number of fused-ring (bicyclic) bond motifs is 1. The molecule has 1 aliphatic heterocycles. The molecule has 6 nitrogen and oxygen atoms in total. The van der Waals surface area contributed by atoms with Gasteiger partial charge in [-0.05, 0) is 18.6 Å². The van der Waals surface area contributed by atoms with Gasteiger partial charge in [-0.1, -0.05) is 6.92 Å². The lowest BCUT2D eigenvalue weighted by atomic mass is 10.3. The lowest BCUT2D eigenvalue weighted by Crippen LogP contribution is -2.34. The molecule has 2 rings (SSSR count). The van der Waals surface area contributed by atoms with Gasteiger partial charge in [0.1, 0.15) is 0 Å². The summed E-state index contributed by atoms with van der Waals surface area (Å²) in [4.78, 5) is 0.161. The van der Waals surface area contributed by atoms with Crippen LogP contribution in [0.5, 0.6) is 11.5 Å². The average molecular weight is 315 g/mol. The van der Waals surface area contributed by atoms with E-state index in [2.05, 4.69) is 0 Å². The van der Waals surface area contributed by atoms with Crippen molar-refractivity contribution in [3.63, 3.8) is 0 Å². The predicted molar refractivity (Wildman–Crippen MR) is 78.2 cm³/mol. The molecule has 7 heteroatoms. The van der Waals surface area contributed by atoms with Crippen LogP contribution in [0.25, 0.3) is 0 Å². The van der Waals surface area contributed by atoms with Crippen LogP contribution < -0.4 is 9.47 Å². The van der Waals surface area contributed by atoms with Crippen molar-refractivity contribution in [3.05, 3.63) is 18.2 Å². The molecule has 1 aromatic carbocycles. The highest BCUT2D eigenvalue weighted by Crippen LogP contribution is 2.32. The van der Waals surface area contributed by atoms with Crippen molar-refractivity contribution in [2.75, 3.05) is 32.9 Å². The number of hydrogen-bond acceptors (Lipinski definition) is 5. The molecule has 0 aromatic heterocycles. The van der Waals surface area contributed by atoms with Gasteiger partial charge in [0, 0.05) is 25.6 Å². The first-order chi connectivity index (χ1) is 10.1. The molecule has 0 fully saturated rings. The van der Waals surface area contributed by atoms with Gasteiger partial charge in [0.15, 0.2) is 11.5 Å². The number of aliphatic hydroxyl groups excluding tert-OH is 1. The number of benzene rings is 1. The molecule has 0 radical (unpaired) electrons. The van der Waals surface area contributed by atoms with Gasteiger partial charge in [0.05, 0.1) is 24.7 Å². The van der Waals surface area contributed by atoms with Gasteiger partial charge in [-0.15, -0.1) is 0 Å². The Morgan fingerprint density at radius 3 is 2.57 bits per heavy atom. The summed E-state index contributed by atoms with van der Waals surface area (Å²) < 4.78 is 37.5. The van der Waals surface area contributed by atoms with Crippen molar-refractivity contribution in [1.82, 2.24) is 4.31 Å². The maximum atomic E-state index is 12.6. The first-order valence-corrected chi connectivity index (χ1v) is 8.54. The molecule has 0 atom stereocenters. The van der Waals surface area contributed by atoms with Crippen LogP contribution in [-0.4, -0.2) is 50.7 Å². The predicted octanol–water partition coefficient (Wildman–Crippen LogP) is 1.24. The summed E-state index contributed by atoms with van der Waals surface area (Å²) in [5.41, 5.74) is 0. The standard InChI is InChI=1S/C14H21NO5S/c1-2-6-15(7-8-16)21(17,18)12-4-5-13-14(11-12)20-10-3-9-19-13/h4-5,11,16H,2-3,6-10H2,1H3. The molecule has 118 valence electrons. The fourth-order valence-corrected chi connectivity index (χ4v) is 3.71. The highest BCUT2D eigenvalue weighted by Gasteiger charge is 2.25. The van der Waals surface area contributed by atoms with Gasteiger partial charge >= 0.3 is 0 Å². The zero-order chi connectivity index (χ0) is 15.3. The summed E-state index contributed by atoms with van der Waals surface area (Å²) in [6.07, 6.45) is 1.45. The van der Waals surface area contributed by atoms with E-state index in [9.17, 15) is 8.42 Å². The third-order valence-corrected chi connectivity index (χ3v) is 5.07. The lowest BCUT2D eigenvalue weighted by molar-refractivity contribution is 0.253. The molecule has 0 amide bonds. The first-order valence-electron chi connectivity index (χ1n) is 7.10. The molecule has 0 spiro atoms. The molecule has 0 saturated carbocycles. The second kappa shape index (κ2) is 7.11. The second-order valence-corrected chi connectivity index (χ2v) is 6.72. The van der Waals surface area contributed by atoms with Gasteiger partial charge in [-0.25, -0.2) is 8.42 Å². The average Bonchev–Trinajstić information content (AvgIpc) is 2.71. The van der Waals surface area contributed by atoms with Crippen molar-refractivity contribution < 1.29 is 23.0 Å². The lowest BCUT2D eigenvalue weighted by Gasteiger charge is -2.21. The van der Waals surface area contributed by atoms with Crippen molar-refractivity contribution >= 4 is 10.0 Å². The molecule has 1 N–H and O–H groups in total. The summed E-state index contributed by atoms with van der Waals surface area (Å²) in [7, 11) is -3.63. The summed E-state index contributed by atoms with van der Waals surface area (Å²) in [6, 6.07) is 4.63. The maximum absolute atomic E-state index is 12.6. The normalized spacial score (nSPS) is 15.0. The molecule has 21 heavy (non-hydrogen) atoms. The number of ether oxygens (including phenoxy) is 2. The Bertz CT molecular complexity index is 567. The minimum atomic E-state index is -3.63. The van der Waals surface area contributed by atoms with Crippen LogP contribution in [0.1, 0.15) is 19.8 Å². The molecular formula is C14H21NO5S. The Morgan fingerprint density at radius 1 is 1.19 bits per heavy atom. The zero-order valence-electron chi connectivity index (χ0n) is 12.1. The van der Waals surface area contributed by atoms with E-state index in [1.807, 2.05) is 6.92 Å². The largest absolute Gasteiger partial charge is 0.490 e. The topological polar surface area (TPSA) is 76.1 Å². The molecule has 1 aliphatic rings. The second-order valence-electron chi connectivity index (χ2n) is 4.79. The van der Waals surface area contributed by atoms with E-state index >= 15 is 0 Å². The fourth-order valence-electron chi connectivity index (χ4n) is 2.17. The smallest absolute Gasteiger partial charge is 0.243 e. The van der Waals surface area contributed by atoms with E-state index in [0.29, 0.717) is 37.7 Å². The Kier molecular flexibility index (Phi) is 5.44. The molecule has 0 saturated heterocycles. The van der Waals surface area contributed by atoms with Crippen LogP contribution in [0, 0.1) is 0 Å². The summed E-state index contributed by atoms with van der Waals surface area (Å²) in [5, 5.41) is 9.05. The molecule has 1 aromatic rings. The molecule has 1 heterocycles. The van der Waals surface area contributed by atoms with Crippen molar-refractivity contribution in [2.24, 2.45) is 0 Å². The first kappa shape index (κ1) is 16.1. The molecule has 0 aliphatic carbocycles. The highest BCUT2D eigenvalue weighted by atomic mass is 32.2. The van der Waals surface area contributed by atoms with Crippen molar-refractivity contribution in [3.8, 4) is 11.5 Å². The van der Waals surface area contributed by atoms with Crippen LogP contribution in [0.15, 0.2) is 23.1 Å². The Morgan fingerprint density at radius 2 is 1.90 bits per heavy atom. The highest BCUT2D eigenvalue weighted by molar-refractivity contribution is 7.89. The van der Waals surface area contributed by atoms with Crippen LogP contribution in [0.2, 0.25) is 0 Å². The van der Waals surface area contributed by atoms with Crippen LogP contribution in [0.3, 0.4) is 0 Å². The quantitative estimate of drug-likeness (QED) is 0.855. The third-order valence-electron chi connectivity index (χ3n) is 3.18. The van der Waals surface area contributed by atoms with Crippen LogP contribution in [-0.2, 0) is 10.0 Å². The minimum Gasteiger partial charge on any atom is -0.490 e. The minimum absolute atomic E-state index is 0.0879. The number of sulfonamides is 1. The number of nitrogens with zero attached hydrogens (tertiary/aromatic N) is 1. The fraction of sp³-hybridized carbons (Fsp3) is 0.571. The van der Waals surface area contributed by atoms with Crippen molar-refractivity contribution in [1.29, 1.82) is 0 Å². The number of hydrogen-bond donors (Lipinski definition) is 1. The van der Waals surface area contributed by atoms with Crippen LogP contribution in [0.4, 0.5) is 0 Å². The molecule has 0 unspecified atom stereocenters. The van der Waals surface area contributed by atoms with E-state index in [4.69, 9.17) is 14.6 Å². The zero-order valence-corrected chi connectivity index (χ0v) is 12.9. The van der Waals surface area contributed by atoms with Gasteiger partial charge in [0.2, 0.25) is 10.0 Å².